The molecule has 6 heteroatoms. The van der Waals surface area contributed by atoms with Crippen LogP contribution in [-0.4, -0.2) is 29.0 Å². The number of piperidine rings is 1. The third-order valence-electron chi connectivity index (χ3n) is 6.36. The molecule has 1 fully saturated rings. The van der Waals surface area contributed by atoms with E-state index in [1.807, 2.05) is 12.1 Å². The van der Waals surface area contributed by atoms with E-state index in [1.54, 1.807) is 0 Å². The molecule has 2 aromatic rings. The molecule has 0 unspecified atom stereocenters. The van der Waals surface area contributed by atoms with Crippen molar-refractivity contribution in [1.29, 1.82) is 0 Å². The number of anilines is 1. The van der Waals surface area contributed by atoms with Gasteiger partial charge in [-0.3, -0.25) is 14.6 Å². The fourth-order valence-electron chi connectivity index (χ4n) is 4.93. The number of benzene rings is 1. The van der Waals surface area contributed by atoms with Crippen LogP contribution in [0.5, 0.6) is 0 Å². The predicted molar refractivity (Wildman–Crippen MR) is 103 cm³/mol. The van der Waals surface area contributed by atoms with Crippen molar-refractivity contribution in [3.05, 3.63) is 57.0 Å². The molecule has 0 atom stereocenters. The number of carbonyl (C=O) groups is 1. The lowest BCUT2D eigenvalue weighted by Gasteiger charge is -2.45. The minimum atomic E-state index is -0.295. The van der Waals surface area contributed by atoms with Crippen molar-refractivity contribution in [2.75, 3.05) is 18.0 Å². The summed E-state index contributed by atoms with van der Waals surface area (Å²) in [5.41, 5.74) is 3.94. The molecule has 27 heavy (non-hydrogen) atoms. The van der Waals surface area contributed by atoms with Crippen LogP contribution >= 0.6 is 0 Å². The molecule has 2 aliphatic heterocycles. The van der Waals surface area contributed by atoms with Gasteiger partial charge in [-0.15, -0.1) is 0 Å². The molecule has 3 aliphatic rings. The van der Waals surface area contributed by atoms with Gasteiger partial charge in [0.05, 0.1) is 17.7 Å². The number of carbonyl (C=O) groups excluding carboxylic acids is 1. The van der Waals surface area contributed by atoms with E-state index in [9.17, 15) is 9.59 Å². The minimum Gasteiger partial charge on any atom is -0.346 e. The second-order valence-electron chi connectivity index (χ2n) is 7.97. The number of fused-ring (bicyclic) bond motifs is 3. The zero-order chi connectivity index (χ0) is 18.4. The molecule has 0 saturated carbocycles. The maximum absolute atomic E-state index is 12.4. The van der Waals surface area contributed by atoms with Crippen molar-refractivity contribution >= 4 is 11.9 Å². The van der Waals surface area contributed by atoms with Gasteiger partial charge in [0.2, 0.25) is 11.9 Å². The number of H-pyrrole nitrogens is 1. The highest BCUT2D eigenvalue weighted by atomic mass is 16.2. The Morgan fingerprint density at radius 3 is 2.67 bits per heavy atom. The lowest BCUT2D eigenvalue weighted by atomic mass is 9.75. The normalized spacial score (nSPS) is 20.7. The number of nitrogens with zero attached hydrogens (tertiary/aromatic N) is 2. The van der Waals surface area contributed by atoms with Crippen LogP contribution < -0.4 is 15.8 Å². The Morgan fingerprint density at radius 2 is 1.81 bits per heavy atom. The van der Waals surface area contributed by atoms with Gasteiger partial charge in [-0.25, -0.2) is 4.98 Å². The molecule has 5 rings (SSSR count). The van der Waals surface area contributed by atoms with Crippen molar-refractivity contribution in [2.24, 2.45) is 0 Å². The summed E-state index contributed by atoms with van der Waals surface area (Å²) in [7, 11) is 0. The van der Waals surface area contributed by atoms with Crippen LogP contribution in [0.4, 0.5) is 5.95 Å². The molecule has 1 aromatic heterocycles. The van der Waals surface area contributed by atoms with E-state index in [2.05, 4.69) is 27.3 Å². The number of hydrogen-bond donors (Lipinski definition) is 2. The van der Waals surface area contributed by atoms with Crippen LogP contribution in [-0.2, 0) is 29.6 Å². The number of rotatable bonds is 1. The number of aryl methyl sites for hydroxylation is 1. The first-order valence-corrected chi connectivity index (χ1v) is 9.91. The van der Waals surface area contributed by atoms with Gasteiger partial charge in [-0.2, -0.15) is 0 Å². The summed E-state index contributed by atoms with van der Waals surface area (Å²) >= 11 is 0. The van der Waals surface area contributed by atoms with Gasteiger partial charge in [0.15, 0.2) is 0 Å². The highest BCUT2D eigenvalue weighted by Crippen LogP contribution is 2.38. The van der Waals surface area contributed by atoms with Crippen LogP contribution in [0, 0.1) is 0 Å². The standard InChI is InChI=1S/C21H24N4O2/c26-18-13-14-5-1-3-7-16(14)21(24-18)9-11-25(12-10-21)20-22-17-8-4-2-6-15(17)19(27)23-20/h1,3,5,7H,2,4,6,8-13H2,(H,24,26)(H,22,23,27). The Labute approximate surface area is 158 Å². The number of nitrogens with one attached hydrogen (secondary N) is 2. The zero-order valence-corrected chi connectivity index (χ0v) is 15.4. The highest BCUT2D eigenvalue weighted by Gasteiger charge is 2.42. The van der Waals surface area contributed by atoms with E-state index in [4.69, 9.17) is 4.98 Å². The maximum Gasteiger partial charge on any atom is 0.255 e. The minimum absolute atomic E-state index is 0.0197. The number of aromatic nitrogens is 2. The Morgan fingerprint density at radius 1 is 1.04 bits per heavy atom. The number of amides is 1. The highest BCUT2D eigenvalue weighted by molar-refractivity contribution is 5.82. The predicted octanol–water partition coefficient (Wildman–Crippen LogP) is 1.82. The zero-order valence-electron chi connectivity index (χ0n) is 15.4. The van der Waals surface area contributed by atoms with Gasteiger partial charge in [-0.1, -0.05) is 24.3 Å². The smallest absolute Gasteiger partial charge is 0.255 e. The molecular weight excluding hydrogens is 340 g/mol. The lowest BCUT2D eigenvalue weighted by Crippen LogP contribution is -2.56. The van der Waals surface area contributed by atoms with Crippen molar-refractivity contribution in [3.8, 4) is 0 Å². The molecular formula is C21H24N4O2. The van der Waals surface area contributed by atoms with Crippen molar-refractivity contribution in [2.45, 2.75) is 50.5 Å². The maximum atomic E-state index is 12.4. The second-order valence-corrected chi connectivity index (χ2v) is 7.97. The van der Waals surface area contributed by atoms with Gasteiger partial charge in [0, 0.05) is 18.7 Å². The quantitative estimate of drug-likeness (QED) is 0.809. The summed E-state index contributed by atoms with van der Waals surface area (Å²) in [5, 5.41) is 3.26. The average molecular weight is 364 g/mol. The van der Waals surface area contributed by atoms with E-state index in [0.717, 1.165) is 68.4 Å². The molecule has 1 aromatic carbocycles. The van der Waals surface area contributed by atoms with E-state index in [-0.39, 0.29) is 17.0 Å². The summed E-state index contributed by atoms with van der Waals surface area (Å²) in [4.78, 5) is 34.6. The first kappa shape index (κ1) is 16.5. The molecule has 1 aliphatic carbocycles. The van der Waals surface area contributed by atoms with Crippen LogP contribution in [0.15, 0.2) is 29.1 Å². The first-order chi connectivity index (χ1) is 13.1. The van der Waals surface area contributed by atoms with E-state index in [1.165, 1.54) is 5.56 Å². The fraction of sp³-hybridized carbons (Fsp3) is 0.476. The monoisotopic (exact) mass is 364 g/mol. The SMILES string of the molecule is O=C1Cc2ccccc2C2(CCN(c3nc4c(c(=O)[nH]3)CCCC4)CC2)N1. The second kappa shape index (κ2) is 6.22. The Bertz CT molecular complexity index is 957. The van der Waals surface area contributed by atoms with Crippen LogP contribution in [0.3, 0.4) is 0 Å². The molecule has 2 N–H and O–H groups in total. The van der Waals surface area contributed by atoms with Gasteiger partial charge in [0.1, 0.15) is 0 Å². The topological polar surface area (TPSA) is 78.1 Å². The summed E-state index contributed by atoms with van der Waals surface area (Å²) in [6.45, 7) is 1.52. The summed E-state index contributed by atoms with van der Waals surface area (Å²) in [6, 6.07) is 8.25. The molecule has 6 nitrogen and oxygen atoms in total. The van der Waals surface area contributed by atoms with E-state index in [0.29, 0.717) is 12.4 Å². The molecule has 3 heterocycles. The van der Waals surface area contributed by atoms with Crippen molar-refractivity contribution in [3.63, 3.8) is 0 Å². The van der Waals surface area contributed by atoms with Crippen LogP contribution in [0.1, 0.15) is 48.1 Å². The molecule has 1 saturated heterocycles. The summed E-state index contributed by atoms with van der Waals surface area (Å²) in [5.74, 6) is 0.786. The van der Waals surface area contributed by atoms with Gasteiger partial charge < -0.3 is 10.2 Å². The Kier molecular flexibility index (Phi) is 3.81. The van der Waals surface area contributed by atoms with Crippen molar-refractivity contribution < 1.29 is 4.79 Å². The third-order valence-corrected chi connectivity index (χ3v) is 6.36. The van der Waals surface area contributed by atoms with Crippen LogP contribution in [0.2, 0.25) is 0 Å². The Balaban J connectivity index is 1.42. The third kappa shape index (κ3) is 2.74. The van der Waals surface area contributed by atoms with Crippen LogP contribution in [0.25, 0.3) is 0 Å². The molecule has 140 valence electrons. The number of hydrogen-bond acceptors (Lipinski definition) is 4. The number of aromatic amines is 1. The van der Waals surface area contributed by atoms with E-state index < -0.39 is 0 Å². The summed E-state index contributed by atoms with van der Waals surface area (Å²) in [6.07, 6.45) is 6.00. The van der Waals surface area contributed by atoms with E-state index >= 15 is 0 Å². The molecule has 0 radical (unpaired) electrons. The van der Waals surface area contributed by atoms with Crippen molar-refractivity contribution in [1.82, 2.24) is 15.3 Å². The van der Waals surface area contributed by atoms with Gasteiger partial charge in [-0.05, 0) is 49.7 Å². The lowest BCUT2D eigenvalue weighted by molar-refractivity contribution is -0.123. The first-order valence-electron chi connectivity index (χ1n) is 9.91. The molecule has 0 bridgehead atoms. The molecule has 1 amide bonds. The Hall–Kier alpha value is -2.63. The largest absolute Gasteiger partial charge is 0.346 e. The van der Waals surface area contributed by atoms with Gasteiger partial charge >= 0.3 is 0 Å². The fourth-order valence-corrected chi connectivity index (χ4v) is 4.93. The van der Waals surface area contributed by atoms with Gasteiger partial charge in [0.25, 0.3) is 5.56 Å². The summed E-state index contributed by atoms with van der Waals surface area (Å²) < 4.78 is 0. The average Bonchev–Trinajstić information content (AvgIpc) is 2.68. The molecule has 1 spiro atoms.